The van der Waals surface area contributed by atoms with E-state index in [2.05, 4.69) is 60.6 Å². The van der Waals surface area contributed by atoms with Crippen molar-refractivity contribution in [2.75, 3.05) is 0 Å². The highest BCUT2D eigenvalue weighted by atomic mass is 16.5. The molecule has 0 heterocycles. The van der Waals surface area contributed by atoms with E-state index >= 15 is 0 Å². The van der Waals surface area contributed by atoms with E-state index in [1.165, 1.54) is 44.1 Å². The summed E-state index contributed by atoms with van der Waals surface area (Å²) in [5.74, 6) is 3.92. The van der Waals surface area contributed by atoms with Crippen LogP contribution in [0.1, 0.15) is 124 Å². The van der Waals surface area contributed by atoms with Crippen molar-refractivity contribution in [1.82, 2.24) is 0 Å². The lowest BCUT2D eigenvalue weighted by atomic mass is 9.31. The van der Waals surface area contributed by atoms with Gasteiger partial charge in [-0.15, -0.1) is 0 Å². The fraction of sp³-hybridized carbons (Fsp3) is 0.784. The smallest absolute Gasteiger partial charge is 0.309 e. The molecule has 5 aliphatic rings. The Balaban J connectivity index is 1.32. The van der Waals surface area contributed by atoms with Crippen LogP contribution in [0.5, 0.6) is 5.75 Å². The van der Waals surface area contributed by atoms with Gasteiger partial charge in [-0.05, 0) is 145 Å². The molecule has 0 unspecified atom stereocenters. The summed E-state index contributed by atoms with van der Waals surface area (Å²) in [6.45, 7) is 18.2. The molecule has 5 fully saturated rings. The Labute approximate surface area is 248 Å². The highest BCUT2D eigenvalue weighted by Crippen LogP contribution is 2.78. The summed E-state index contributed by atoms with van der Waals surface area (Å²) in [5, 5.41) is 10.7. The first-order valence-electron chi connectivity index (χ1n) is 16.7. The number of ether oxygens (including phenoxy) is 1. The monoisotopic (exact) mass is 562 g/mol. The number of hydrogen-bond donors (Lipinski definition) is 1. The normalized spacial score (nSPS) is 46.5. The molecule has 1 aromatic rings. The first kappa shape index (κ1) is 29.2. The zero-order valence-electron chi connectivity index (χ0n) is 26.7. The van der Waals surface area contributed by atoms with Crippen LogP contribution in [0, 0.1) is 62.6 Å². The maximum Gasteiger partial charge on any atom is 0.309 e. The molecule has 5 aliphatic carbocycles. The van der Waals surface area contributed by atoms with Crippen LogP contribution in [0.15, 0.2) is 24.3 Å². The molecule has 0 saturated heterocycles. The van der Waals surface area contributed by atoms with Crippen molar-refractivity contribution >= 4 is 12.4 Å². The van der Waals surface area contributed by atoms with Gasteiger partial charge in [0.15, 0.2) is 0 Å². The van der Waals surface area contributed by atoms with Gasteiger partial charge >= 0.3 is 5.97 Å². The molecule has 41 heavy (non-hydrogen) atoms. The van der Waals surface area contributed by atoms with Crippen molar-refractivity contribution in [2.45, 2.75) is 119 Å². The maximum atomic E-state index is 13.0. The Bertz CT molecular complexity index is 1190. The van der Waals surface area contributed by atoms with E-state index in [0.717, 1.165) is 25.7 Å². The number of carbonyl (C=O) groups excluding carboxylic acids is 1. The van der Waals surface area contributed by atoms with Crippen LogP contribution in [0.25, 0.3) is 0 Å². The fourth-order valence-electron chi connectivity index (χ4n) is 13.2. The largest absolute Gasteiger partial charge is 0.481 e. The second-order valence-corrected chi connectivity index (χ2v) is 16.8. The summed E-state index contributed by atoms with van der Waals surface area (Å²) < 4.78 is 5.08. The standard InChI is InChI=1S/C37H54O4/c1-23(2)26-14-19-37(32(39)40)21-20-35(6)28(31(26)37)12-13-30-34(5)17-15-27(24-8-10-25(11-9-24)41-22-38)33(3,4)29(34)16-18-36(30,35)7/h8-11,22-23,26-31H,12-21H2,1-7H3,(H,39,40)/t26-,27+,28+,29-,30+,31+,34-,35+,36+,37-/m0/s1. The maximum absolute atomic E-state index is 13.0. The highest BCUT2D eigenvalue weighted by molar-refractivity contribution is 5.76. The third kappa shape index (κ3) is 3.83. The van der Waals surface area contributed by atoms with E-state index in [9.17, 15) is 14.7 Å². The van der Waals surface area contributed by atoms with E-state index in [1.54, 1.807) is 0 Å². The third-order valence-electron chi connectivity index (χ3n) is 15.3. The van der Waals surface area contributed by atoms with E-state index in [-0.39, 0.29) is 16.2 Å². The van der Waals surface area contributed by atoms with Gasteiger partial charge in [0.05, 0.1) is 5.41 Å². The van der Waals surface area contributed by atoms with Gasteiger partial charge in [-0.2, -0.15) is 0 Å². The van der Waals surface area contributed by atoms with Crippen molar-refractivity contribution < 1.29 is 19.4 Å². The second kappa shape index (κ2) is 9.58. The Morgan fingerprint density at radius 1 is 0.854 bits per heavy atom. The third-order valence-corrected chi connectivity index (χ3v) is 15.3. The minimum absolute atomic E-state index is 0.179. The molecule has 1 aromatic carbocycles. The number of carboxylic acids is 1. The lowest BCUT2D eigenvalue weighted by Crippen LogP contribution is -2.66. The van der Waals surface area contributed by atoms with Gasteiger partial charge in [0.1, 0.15) is 5.75 Å². The molecule has 0 aromatic heterocycles. The van der Waals surface area contributed by atoms with E-state index in [4.69, 9.17) is 4.74 Å². The summed E-state index contributed by atoms with van der Waals surface area (Å²) in [7, 11) is 0. The van der Waals surface area contributed by atoms with Gasteiger partial charge in [-0.3, -0.25) is 9.59 Å². The van der Waals surface area contributed by atoms with Crippen LogP contribution in [0.2, 0.25) is 0 Å². The molecule has 0 spiro atoms. The predicted octanol–water partition coefficient (Wildman–Crippen LogP) is 9.13. The molecule has 226 valence electrons. The minimum Gasteiger partial charge on any atom is -0.481 e. The lowest BCUT2D eigenvalue weighted by molar-refractivity contribution is -0.241. The summed E-state index contributed by atoms with van der Waals surface area (Å²) in [5.41, 5.74) is 1.83. The Morgan fingerprint density at radius 3 is 2.20 bits per heavy atom. The Kier molecular flexibility index (Phi) is 6.83. The van der Waals surface area contributed by atoms with Crippen LogP contribution in [-0.4, -0.2) is 17.5 Å². The molecule has 0 bridgehead atoms. The average molecular weight is 563 g/mol. The fourth-order valence-corrected chi connectivity index (χ4v) is 13.2. The zero-order valence-corrected chi connectivity index (χ0v) is 26.7. The summed E-state index contributed by atoms with van der Waals surface area (Å²) in [4.78, 5) is 23.8. The molecular formula is C37H54O4. The van der Waals surface area contributed by atoms with Gasteiger partial charge in [0, 0.05) is 0 Å². The number of hydrogen-bond acceptors (Lipinski definition) is 3. The molecule has 5 saturated carbocycles. The molecule has 0 radical (unpaired) electrons. The lowest BCUT2D eigenvalue weighted by Gasteiger charge is -2.73. The summed E-state index contributed by atoms with van der Waals surface area (Å²) in [6.07, 6.45) is 11.4. The first-order valence-corrected chi connectivity index (χ1v) is 16.7. The van der Waals surface area contributed by atoms with Gasteiger partial charge in [-0.25, -0.2) is 0 Å². The van der Waals surface area contributed by atoms with E-state index in [0.29, 0.717) is 59.1 Å². The highest BCUT2D eigenvalue weighted by Gasteiger charge is 2.72. The SMILES string of the molecule is CC(C)[C@@H]1CC[C@]2(C(=O)O)CC[C@]3(C)[C@H](CC[C@@H]4[C@@]5(C)CC[C@H](c6ccc(OC=O)cc6)C(C)(C)[C@@H]5CC[C@]43C)[C@@H]12. The second-order valence-electron chi connectivity index (χ2n) is 16.8. The number of fused-ring (bicyclic) bond motifs is 7. The van der Waals surface area contributed by atoms with Gasteiger partial charge in [0.2, 0.25) is 0 Å². The Morgan fingerprint density at radius 2 is 1.56 bits per heavy atom. The minimum atomic E-state index is -0.499. The van der Waals surface area contributed by atoms with Gasteiger partial charge in [0.25, 0.3) is 6.47 Å². The first-order chi connectivity index (χ1) is 19.3. The van der Waals surface area contributed by atoms with Crippen LogP contribution in [-0.2, 0) is 9.59 Å². The average Bonchev–Trinajstić information content (AvgIpc) is 3.31. The molecule has 4 nitrogen and oxygen atoms in total. The number of carbonyl (C=O) groups is 2. The predicted molar refractivity (Wildman–Crippen MR) is 163 cm³/mol. The molecule has 10 atom stereocenters. The topological polar surface area (TPSA) is 63.6 Å². The van der Waals surface area contributed by atoms with Crippen molar-refractivity contribution in [3.05, 3.63) is 29.8 Å². The van der Waals surface area contributed by atoms with E-state index < -0.39 is 11.4 Å². The molecule has 1 N–H and O–H groups in total. The molecular weight excluding hydrogens is 508 g/mol. The van der Waals surface area contributed by atoms with Crippen LogP contribution < -0.4 is 4.74 Å². The van der Waals surface area contributed by atoms with Crippen LogP contribution in [0.3, 0.4) is 0 Å². The van der Waals surface area contributed by atoms with Crippen molar-refractivity contribution in [3.63, 3.8) is 0 Å². The number of carboxylic acid groups (broad SMARTS) is 1. The quantitative estimate of drug-likeness (QED) is 0.364. The molecule has 0 amide bonds. The molecule has 6 rings (SSSR count). The molecule has 0 aliphatic heterocycles. The summed E-state index contributed by atoms with van der Waals surface area (Å²) in [6, 6.07) is 8.25. The number of rotatable bonds is 5. The van der Waals surface area contributed by atoms with Crippen LogP contribution >= 0.6 is 0 Å². The van der Waals surface area contributed by atoms with Gasteiger partial charge < -0.3 is 9.84 Å². The zero-order chi connectivity index (χ0) is 29.6. The van der Waals surface area contributed by atoms with E-state index in [1.807, 2.05) is 12.1 Å². The Hall–Kier alpha value is -1.84. The van der Waals surface area contributed by atoms with Gasteiger partial charge in [-0.1, -0.05) is 60.6 Å². The van der Waals surface area contributed by atoms with Crippen molar-refractivity contribution in [1.29, 1.82) is 0 Å². The van der Waals surface area contributed by atoms with Crippen LogP contribution in [0.4, 0.5) is 0 Å². The van der Waals surface area contributed by atoms with Crippen molar-refractivity contribution in [2.24, 2.45) is 62.6 Å². The molecule has 4 heteroatoms. The van der Waals surface area contributed by atoms with Crippen molar-refractivity contribution in [3.8, 4) is 5.75 Å². The number of aliphatic carboxylic acids is 1. The number of benzene rings is 1. The summed E-state index contributed by atoms with van der Waals surface area (Å²) >= 11 is 0.